The molecule has 2 aromatic rings. The van der Waals surface area contributed by atoms with Crippen molar-refractivity contribution in [3.8, 4) is 11.6 Å². The van der Waals surface area contributed by atoms with Gasteiger partial charge in [0, 0.05) is 6.07 Å². The molecule has 2 N–H and O–H groups in total. The Labute approximate surface area is 119 Å². The van der Waals surface area contributed by atoms with Gasteiger partial charge in [0.25, 0.3) is 0 Å². The van der Waals surface area contributed by atoms with Crippen LogP contribution in [0.25, 0.3) is 0 Å². The molecule has 0 atom stereocenters. The van der Waals surface area contributed by atoms with Crippen molar-refractivity contribution in [3.63, 3.8) is 0 Å². The summed E-state index contributed by atoms with van der Waals surface area (Å²) < 4.78 is 43.1. The Kier molecular flexibility index (Phi) is 4.02. The standard InChI is InChI=1S/C14H14F3N3O/c1-8(2)11-6-13(20-7-19-11)21-12-4-3-9(5-10(12)18)14(15,16)17/h3-8H,18H2,1-2H3. The van der Waals surface area contributed by atoms with Gasteiger partial charge in [0.2, 0.25) is 5.88 Å². The number of nitrogen functional groups attached to an aromatic ring is 1. The van der Waals surface area contributed by atoms with E-state index in [1.807, 2.05) is 13.8 Å². The van der Waals surface area contributed by atoms with Crippen LogP contribution >= 0.6 is 0 Å². The minimum absolute atomic E-state index is 0.102. The molecule has 112 valence electrons. The highest BCUT2D eigenvalue weighted by atomic mass is 19.4. The van der Waals surface area contributed by atoms with Gasteiger partial charge in [-0.25, -0.2) is 9.97 Å². The van der Waals surface area contributed by atoms with E-state index in [1.54, 1.807) is 6.07 Å². The first-order valence-corrected chi connectivity index (χ1v) is 6.24. The lowest BCUT2D eigenvalue weighted by Gasteiger charge is -2.12. The fourth-order valence-corrected chi connectivity index (χ4v) is 1.66. The third-order valence-electron chi connectivity index (χ3n) is 2.81. The number of anilines is 1. The third-order valence-corrected chi connectivity index (χ3v) is 2.81. The number of nitrogens with two attached hydrogens (primary N) is 1. The second-order valence-corrected chi connectivity index (χ2v) is 4.79. The molecule has 0 aliphatic heterocycles. The topological polar surface area (TPSA) is 61.0 Å². The maximum atomic E-state index is 12.6. The highest BCUT2D eigenvalue weighted by molar-refractivity contribution is 5.55. The van der Waals surface area contributed by atoms with E-state index in [2.05, 4.69) is 9.97 Å². The molecular weight excluding hydrogens is 283 g/mol. The van der Waals surface area contributed by atoms with Crippen LogP contribution in [0, 0.1) is 0 Å². The summed E-state index contributed by atoms with van der Waals surface area (Å²) in [6, 6.07) is 4.55. The van der Waals surface area contributed by atoms with Crippen molar-refractivity contribution in [2.75, 3.05) is 5.73 Å². The summed E-state index contributed by atoms with van der Waals surface area (Å²) in [5, 5.41) is 0. The number of hydrogen-bond donors (Lipinski definition) is 1. The van der Waals surface area contributed by atoms with Gasteiger partial charge in [-0.3, -0.25) is 0 Å². The molecule has 1 heterocycles. The molecule has 0 aliphatic rings. The zero-order chi connectivity index (χ0) is 15.6. The molecule has 0 bridgehead atoms. The first kappa shape index (κ1) is 15.1. The maximum absolute atomic E-state index is 12.6. The Balaban J connectivity index is 2.26. The van der Waals surface area contributed by atoms with Gasteiger partial charge in [0.05, 0.1) is 16.9 Å². The van der Waals surface area contributed by atoms with E-state index < -0.39 is 11.7 Å². The van der Waals surface area contributed by atoms with Gasteiger partial charge in [-0.15, -0.1) is 0 Å². The van der Waals surface area contributed by atoms with E-state index in [-0.39, 0.29) is 23.2 Å². The predicted molar refractivity (Wildman–Crippen MR) is 72.1 cm³/mol. The summed E-state index contributed by atoms with van der Waals surface area (Å²) in [7, 11) is 0. The molecule has 0 saturated heterocycles. The summed E-state index contributed by atoms with van der Waals surface area (Å²) in [6.45, 7) is 3.91. The van der Waals surface area contributed by atoms with E-state index in [1.165, 1.54) is 12.4 Å². The van der Waals surface area contributed by atoms with Gasteiger partial charge in [-0.2, -0.15) is 13.2 Å². The molecule has 0 unspecified atom stereocenters. The highest BCUT2D eigenvalue weighted by Crippen LogP contribution is 2.35. The fourth-order valence-electron chi connectivity index (χ4n) is 1.66. The van der Waals surface area contributed by atoms with Crippen LogP contribution in [-0.2, 0) is 6.18 Å². The average molecular weight is 297 g/mol. The minimum Gasteiger partial charge on any atom is -0.437 e. The summed E-state index contributed by atoms with van der Waals surface area (Å²) >= 11 is 0. The Morgan fingerprint density at radius 3 is 2.43 bits per heavy atom. The first-order chi connectivity index (χ1) is 9.77. The molecule has 4 nitrogen and oxygen atoms in total. The fraction of sp³-hybridized carbons (Fsp3) is 0.286. The van der Waals surface area contributed by atoms with Crippen LogP contribution in [0.3, 0.4) is 0 Å². The van der Waals surface area contributed by atoms with Crippen LogP contribution < -0.4 is 10.5 Å². The van der Waals surface area contributed by atoms with Gasteiger partial charge >= 0.3 is 6.18 Å². The molecule has 0 amide bonds. The van der Waals surface area contributed by atoms with Gasteiger partial charge in [0.1, 0.15) is 6.33 Å². The van der Waals surface area contributed by atoms with Crippen LogP contribution in [0.4, 0.5) is 18.9 Å². The van der Waals surface area contributed by atoms with Crippen molar-refractivity contribution >= 4 is 5.69 Å². The molecule has 7 heteroatoms. The second-order valence-electron chi connectivity index (χ2n) is 4.79. The number of ether oxygens (including phenoxy) is 1. The van der Waals surface area contributed by atoms with E-state index >= 15 is 0 Å². The molecule has 1 aromatic carbocycles. The van der Waals surface area contributed by atoms with Crippen LogP contribution in [0.2, 0.25) is 0 Å². The Morgan fingerprint density at radius 2 is 1.86 bits per heavy atom. The van der Waals surface area contributed by atoms with Gasteiger partial charge < -0.3 is 10.5 Å². The monoisotopic (exact) mass is 297 g/mol. The lowest BCUT2D eigenvalue weighted by molar-refractivity contribution is -0.137. The Morgan fingerprint density at radius 1 is 1.14 bits per heavy atom. The number of hydrogen-bond acceptors (Lipinski definition) is 4. The second kappa shape index (κ2) is 5.59. The molecule has 0 fully saturated rings. The molecular formula is C14H14F3N3O. The van der Waals surface area contributed by atoms with Crippen molar-refractivity contribution < 1.29 is 17.9 Å². The highest BCUT2D eigenvalue weighted by Gasteiger charge is 2.31. The predicted octanol–water partition coefficient (Wildman–Crippen LogP) is 3.99. The maximum Gasteiger partial charge on any atom is 0.416 e. The van der Waals surface area contributed by atoms with Crippen molar-refractivity contribution in [3.05, 3.63) is 41.9 Å². The zero-order valence-electron chi connectivity index (χ0n) is 11.5. The smallest absolute Gasteiger partial charge is 0.416 e. The molecule has 0 aliphatic carbocycles. The number of rotatable bonds is 3. The average Bonchev–Trinajstić information content (AvgIpc) is 2.40. The number of aromatic nitrogens is 2. The van der Waals surface area contributed by atoms with Crippen LogP contribution in [0.5, 0.6) is 11.6 Å². The van der Waals surface area contributed by atoms with Crippen molar-refractivity contribution in [1.82, 2.24) is 9.97 Å². The van der Waals surface area contributed by atoms with E-state index in [0.717, 1.165) is 17.8 Å². The quantitative estimate of drug-likeness (QED) is 0.870. The molecule has 2 rings (SSSR count). The van der Waals surface area contributed by atoms with E-state index in [9.17, 15) is 13.2 Å². The van der Waals surface area contributed by atoms with Gasteiger partial charge in [0.15, 0.2) is 5.75 Å². The molecule has 21 heavy (non-hydrogen) atoms. The molecule has 0 spiro atoms. The van der Waals surface area contributed by atoms with Crippen LogP contribution in [-0.4, -0.2) is 9.97 Å². The number of nitrogens with zero attached hydrogens (tertiary/aromatic N) is 2. The normalized spacial score (nSPS) is 11.7. The minimum atomic E-state index is -4.44. The Hall–Kier alpha value is -2.31. The van der Waals surface area contributed by atoms with Crippen molar-refractivity contribution in [2.45, 2.75) is 25.9 Å². The van der Waals surface area contributed by atoms with Gasteiger partial charge in [-0.05, 0) is 24.1 Å². The SMILES string of the molecule is CC(C)c1cc(Oc2ccc(C(F)(F)F)cc2N)ncn1. The van der Waals surface area contributed by atoms with Crippen LogP contribution in [0.15, 0.2) is 30.6 Å². The molecule has 0 saturated carbocycles. The third kappa shape index (κ3) is 3.62. The lowest BCUT2D eigenvalue weighted by atomic mass is 10.1. The van der Waals surface area contributed by atoms with Crippen molar-refractivity contribution in [2.24, 2.45) is 0 Å². The summed E-state index contributed by atoms with van der Waals surface area (Å²) in [5.74, 6) is 0.539. The molecule has 1 aromatic heterocycles. The molecule has 0 radical (unpaired) electrons. The summed E-state index contributed by atoms with van der Waals surface area (Å²) in [6.07, 6.45) is -3.10. The summed E-state index contributed by atoms with van der Waals surface area (Å²) in [4.78, 5) is 8.00. The van der Waals surface area contributed by atoms with E-state index in [4.69, 9.17) is 10.5 Å². The number of alkyl halides is 3. The van der Waals surface area contributed by atoms with E-state index in [0.29, 0.717) is 0 Å². The van der Waals surface area contributed by atoms with Crippen molar-refractivity contribution in [1.29, 1.82) is 0 Å². The largest absolute Gasteiger partial charge is 0.437 e. The number of benzene rings is 1. The zero-order valence-corrected chi connectivity index (χ0v) is 11.5. The van der Waals surface area contributed by atoms with Gasteiger partial charge in [-0.1, -0.05) is 13.8 Å². The summed E-state index contributed by atoms with van der Waals surface area (Å²) in [5.41, 5.74) is 5.44. The first-order valence-electron chi connectivity index (χ1n) is 6.24. The Bertz CT molecular complexity index is 642. The lowest BCUT2D eigenvalue weighted by Crippen LogP contribution is -2.06. The van der Waals surface area contributed by atoms with Crippen LogP contribution in [0.1, 0.15) is 31.0 Å². The number of halogens is 3.